The van der Waals surface area contributed by atoms with Crippen LogP contribution in [0.2, 0.25) is 5.02 Å². The molecular formula is C18H15ClN4O2. The van der Waals surface area contributed by atoms with Crippen LogP contribution in [0, 0.1) is 0 Å². The van der Waals surface area contributed by atoms with E-state index in [4.69, 9.17) is 16.3 Å². The van der Waals surface area contributed by atoms with Crippen molar-refractivity contribution in [1.29, 1.82) is 0 Å². The highest BCUT2D eigenvalue weighted by Gasteiger charge is 2.09. The molecule has 7 heteroatoms. The highest BCUT2D eigenvalue weighted by atomic mass is 35.5. The van der Waals surface area contributed by atoms with Gasteiger partial charge in [0.25, 0.3) is 5.91 Å². The number of anilines is 3. The first-order valence-electron chi connectivity index (χ1n) is 7.45. The van der Waals surface area contributed by atoms with Crippen LogP contribution in [-0.2, 0) is 0 Å². The van der Waals surface area contributed by atoms with Crippen LogP contribution in [0.3, 0.4) is 0 Å². The Labute approximate surface area is 149 Å². The number of carbonyl (C=O) groups excluding carboxylic acids is 1. The molecule has 0 bridgehead atoms. The molecule has 0 unspecified atom stereocenters. The molecule has 25 heavy (non-hydrogen) atoms. The minimum Gasteiger partial charge on any atom is -0.497 e. The lowest BCUT2D eigenvalue weighted by atomic mass is 10.2. The van der Waals surface area contributed by atoms with E-state index in [0.717, 1.165) is 11.4 Å². The molecule has 0 spiro atoms. The first-order chi connectivity index (χ1) is 12.2. The van der Waals surface area contributed by atoms with Crippen LogP contribution >= 0.6 is 11.6 Å². The van der Waals surface area contributed by atoms with Crippen molar-refractivity contribution in [3.63, 3.8) is 0 Å². The maximum absolute atomic E-state index is 12.2. The van der Waals surface area contributed by atoms with Gasteiger partial charge in [0.1, 0.15) is 5.75 Å². The molecule has 1 aromatic heterocycles. The Kier molecular flexibility index (Phi) is 5.11. The number of rotatable bonds is 5. The molecule has 0 aliphatic carbocycles. The van der Waals surface area contributed by atoms with E-state index in [1.807, 2.05) is 24.3 Å². The second-order valence-corrected chi connectivity index (χ2v) is 5.49. The molecule has 2 N–H and O–H groups in total. The Balaban J connectivity index is 1.69. The Bertz CT molecular complexity index is 884. The molecule has 0 saturated carbocycles. The number of para-hydroxylation sites is 1. The number of carbonyl (C=O) groups is 1. The summed E-state index contributed by atoms with van der Waals surface area (Å²) in [6, 6.07) is 14.4. The summed E-state index contributed by atoms with van der Waals surface area (Å²) in [5, 5.41) is 6.24. The molecule has 0 aliphatic rings. The number of hydrogen-bond donors (Lipinski definition) is 2. The number of aromatic nitrogens is 2. The van der Waals surface area contributed by atoms with Crippen molar-refractivity contribution in [3.05, 3.63) is 71.5 Å². The van der Waals surface area contributed by atoms with Crippen molar-refractivity contribution in [2.24, 2.45) is 0 Å². The monoisotopic (exact) mass is 354 g/mol. The predicted octanol–water partition coefficient (Wildman–Crippen LogP) is 4.13. The van der Waals surface area contributed by atoms with E-state index in [1.54, 1.807) is 31.4 Å². The topological polar surface area (TPSA) is 76.1 Å². The van der Waals surface area contributed by atoms with Crippen LogP contribution in [0.5, 0.6) is 5.75 Å². The van der Waals surface area contributed by atoms with Gasteiger partial charge in [0.2, 0.25) is 5.95 Å². The van der Waals surface area contributed by atoms with Crippen molar-refractivity contribution in [2.45, 2.75) is 0 Å². The van der Waals surface area contributed by atoms with E-state index in [2.05, 4.69) is 20.6 Å². The van der Waals surface area contributed by atoms with E-state index in [0.29, 0.717) is 22.2 Å². The average molecular weight is 355 g/mol. The first-order valence-corrected chi connectivity index (χ1v) is 7.82. The van der Waals surface area contributed by atoms with Crippen LogP contribution in [0.1, 0.15) is 10.4 Å². The zero-order chi connectivity index (χ0) is 17.6. The van der Waals surface area contributed by atoms with Gasteiger partial charge in [0.15, 0.2) is 0 Å². The maximum Gasteiger partial charge on any atom is 0.258 e. The fraction of sp³-hybridized carbons (Fsp3) is 0.0556. The van der Waals surface area contributed by atoms with Gasteiger partial charge in [-0.15, -0.1) is 0 Å². The molecule has 6 nitrogen and oxygen atoms in total. The molecule has 0 atom stereocenters. The van der Waals surface area contributed by atoms with Crippen LogP contribution in [0.4, 0.5) is 17.3 Å². The van der Waals surface area contributed by atoms with Gasteiger partial charge in [-0.25, -0.2) is 9.97 Å². The molecule has 3 rings (SSSR count). The van der Waals surface area contributed by atoms with E-state index in [-0.39, 0.29) is 5.91 Å². The molecule has 0 saturated heterocycles. The lowest BCUT2D eigenvalue weighted by Crippen LogP contribution is -2.13. The lowest BCUT2D eigenvalue weighted by molar-refractivity contribution is 0.102. The molecule has 0 radical (unpaired) electrons. The van der Waals surface area contributed by atoms with E-state index < -0.39 is 0 Å². The summed E-state index contributed by atoms with van der Waals surface area (Å²) in [4.78, 5) is 20.5. The minimum absolute atomic E-state index is 0.330. The number of amides is 1. The third kappa shape index (κ3) is 4.24. The van der Waals surface area contributed by atoms with Crippen molar-refractivity contribution in [3.8, 4) is 5.75 Å². The molecular weight excluding hydrogens is 340 g/mol. The Morgan fingerprint density at radius 3 is 2.56 bits per heavy atom. The zero-order valence-corrected chi connectivity index (χ0v) is 14.1. The zero-order valence-electron chi connectivity index (χ0n) is 13.4. The Morgan fingerprint density at radius 2 is 1.84 bits per heavy atom. The van der Waals surface area contributed by atoms with Gasteiger partial charge in [-0.2, -0.15) is 0 Å². The normalized spacial score (nSPS) is 10.2. The minimum atomic E-state index is -0.332. The second-order valence-electron chi connectivity index (χ2n) is 5.09. The summed E-state index contributed by atoms with van der Waals surface area (Å²) in [6.07, 6.45) is 2.89. The fourth-order valence-electron chi connectivity index (χ4n) is 2.10. The van der Waals surface area contributed by atoms with Gasteiger partial charge in [0, 0.05) is 24.1 Å². The number of nitrogens with zero attached hydrogens (tertiary/aromatic N) is 2. The smallest absolute Gasteiger partial charge is 0.258 e. The number of hydrogen-bond acceptors (Lipinski definition) is 5. The highest BCUT2D eigenvalue weighted by molar-refractivity contribution is 6.33. The average Bonchev–Trinajstić information content (AvgIpc) is 2.64. The number of ether oxygens (including phenoxy) is 1. The van der Waals surface area contributed by atoms with Crippen LogP contribution in [0.25, 0.3) is 0 Å². The quantitative estimate of drug-likeness (QED) is 0.720. The van der Waals surface area contributed by atoms with Gasteiger partial charge < -0.3 is 15.4 Å². The van der Waals surface area contributed by atoms with E-state index in [1.165, 1.54) is 12.4 Å². The summed E-state index contributed by atoms with van der Waals surface area (Å²) in [7, 11) is 1.60. The van der Waals surface area contributed by atoms with Crippen LogP contribution in [-0.4, -0.2) is 23.0 Å². The Hall–Kier alpha value is -3.12. The molecule has 1 amide bonds. The van der Waals surface area contributed by atoms with Gasteiger partial charge in [-0.3, -0.25) is 4.79 Å². The van der Waals surface area contributed by atoms with Gasteiger partial charge >= 0.3 is 0 Å². The number of benzene rings is 2. The molecule has 2 aromatic carbocycles. The van der Waals surface area contributed by atoms with E-state index >= 15 is 0 Å². The van der Waals surface area contributed by atoms with Crippen LogP contribution in [0.15, 0.2) is 60.9 Å². The van der Waals surface area contributed by atoms with Crippen molar-refractivity contribution in [1.82, 2.24) is 9.97 Å². The summed E-state index contributed by atoms with van der Waals surface area (Å²) in [5.41, 5.74) is 1.65. The molecule has 126 valence electrons. The summed E-state index contributed by atoms with van der Waals surface area (Å²) in [5.74, 6) is 0.768. The van der Waals surface area contributed by atoms with Crippen LogP contribution < -0.4 is 15.4 Å². The second kappa shape index (κ2) is 7.63. The van der Waals surface area contributed by atoms with Crippen molar-refractivity contribution < 1.29 is 9.53 Å². The SMILES string of the molecule is COc1cccc(Nc2ncc(C(=O)Nc3ccccc3Cl)cn2)c1. The highest BCUT2D eigenvalue weighted by Crippen LogP contribution is 2.21. The van der Waals surface area contributed by atoms with E-state index in [9.17, 15) is 4.79 Å². The van der Waals surface area contributed by atoms with Gasteiger partial charge in [-0.05, 0) is 24.3 Å². The third-order valence-corrected chi connectivity index (χ3v) is 3.69. The third-order valence-electron chi connectivity index (χ3n) is 3.36. The maximum atomic E-state index is 12.2. The first kappa shape index (κ1) is 16.7. The fourth-order valence-corrected chi connectivity index (χ4v) is 2.28. The number of halogens is 1. The lowest BCUT2D eigenvalue weighted by Gasteiger charge is -2.08. The summed E-state index contributed by atoms with van der Waals surface area (Å²) in [6.45, 7) is 0. The van der Waals surface area contributed by atoms with Crippen molar-refractivity contribution in [2.75, 3.05) is 17.7 Å². The summed E-state index contributed by atoms with van der Waals surface area (Å²) < 4.78 is 5.16. The Morgan fingerprint density at radius 1 is 1.08 bits per heavy atom. The standard InChI is InChI=1S/C18H15ClN4O2/c1-25-14-6-4-5-13(9-14)22-18-20-10-12(11-21-18)17(24)23-16-8-3-2-7-15(16)19/h2-11H,1H3,(H,23,24)(H,20,21,22). The number of nitrogens with one attached hydrogen (secondary N) is 2. The largest absolute Gasteiger partial charge is 0.497 e. The predicted molar refractivity (Wildman–Crippen MR) is 97.7 cm³/mol. The van der Waals surface area contributed by atoms with Gasteiger partial charge in [-0.1, -0.05) is 29.8 Å². The van der Waals surface area contributed by atoms with Gasteiger partial charge in [0.05, 0.1) is 23.4 Å². The number of methoxy groups -OCH3 is 1. The van der Waals surface area contributed by atoms with Crippen molar-refractivity contribution >= 4 is 34.8 Å². The summed E-state index contributed by atoms with van der Waals surface area (Å²) >= 11 is 6.03. The molecule has 0 fully saturated rings. The molecule has 3 aromatic rings. The molecule has 1 heterocycles. The molecule has 0 aliphatic heterocycles.